The monoisotopic (exact) mass is 223 g/mol. The Morgan fingerprint density at radius 3 is 2.87 bits per heavy atom. The summed E-state index contributed by atoms with van der Waals surface area (Å²) in [6, 6.07) is 2.20. The van der Waals surface area contributed by atoms with E-state index in [9.17, 15) is 0 Å². The molecule has 1 unspecified atom stereocenters. The molecule has 80 valence electrons. The lowest BCUT2D eigenvalue weighted by Crippen LogP contribution is -2.21. The van der Waals surface area contributed by atoms with Crippen molar-refractivity contribution in [2.45, 2.75) is 19.9 Å². The number of hydrogen-bond acceptors (Lipinski definition) is 5. The topological polar surface area (TPSA) is 42.2 Å². The highest BCUT2D eigenvalue weighted by molar-refractivity contribution is 7.08. The Kier molecular flexibility index (Phi) is 2.73. The van der Waals surface area contributed by atoms with Gasteiger partial charge in [-0.15, -0.1) is 0 Å². The average molecular weight is 223 g/mol. The van der Waals surface area contributed by atoms with E-state index in [1.807, 2.05) is 7.05 Å². The van der Waals surface area contributed by atoms with Crippen LogP contribution in [0.5, 0.6) is 0 Å². The van der Waals surface area contributed by atoms with Gasteiger partial charge in [0, 0.05) is 25.0 Å². The van der Waals surface area contributed by atoms with E-state index in [0.29, 0.717) is 5.89 Å². The van der Waals surface area contributed by atoms with Gasteiger partial charge in [-0.3, -0.25) is 0 Å². The zero-order valence-electron chi connectivity index (χ0n) is 8.97. The van der Waals surface area contributed by atoms with Crippen LogP contribution in [0.3, 0.4) is 0 Å². The van der Waals surface area contributed by atoms with Crippen molar-refractivity contribution in [3.63, 3.8) is 0 Å². The lowest BCUT2D eigenvalue weighted by Gasteiger charge is -2.22. The van der Waals surface area contributed by atoms with Gasteiger partial charge in [0.05, 0.1) is 6.04 Å². The molecule has 1 atom stereocenters. The van der Waals surface area contributed by atoms with E-state index in [-0.39, 0.29) is 6.04 Å². The van der Waals surface area contributed by atoms with E-state index in [2.05, 4.69) is 38.8 Å². The van der Waals surface area contributed by atoms with Gasteiger partial charge in [-0.2, -0.15) is 16.3 Å². The van der Waals surface area contributed by atoms with E-state index in [1.54, 1.807) is 18.3 Å². The maximum absolute atomic E-state index is 4.97. The number of anilines is 1. The fourth-order valence-electron chi connectivity index (χ4n) is 1.34. The number of aryl methyl sites for hydroxylation is 1. The molecule has 0 saturated carbocycles. The number of thiophene rings is 1. The molecule has 0 aromatic carbocycles. The molecule has 2 heterocycles. The zero-order chi connectivity index (χ0) is 10.8. The molecule has 2 aromatic rings. The molecule has 5 heteroatoms. The summed E-state index contributed by atoms with van der Waals surface area (Å²) < 4.78 is 4.97. The highest BCUT2D eigenvalue weighted by Gasteiger charge is 2.17. The van der Waals surface area contributed by atoms with Crippen molar-refractivity contribution < 1.29 is 4.52 Å². The molecule has 2 aromatic heterocycles. The molecule has 0 aliphatic heterocycles. The summed E-state index contributed by atoms with van der Waals surface area (Å²) in [5.74, 6) is 1.33. The lowest BCUT2D eigenvalue weighted by molar-refractivity contribution is 0.384. The van der Waals surface area contributed by atoms with Crippen LogP contribution in [0.15, 0.2) is 21.3 Å². The predicted molar refractivity (Wildman–Crippen MR) is 60.2 cm³/mol. The summed E-state index contributed by atoms with van der Waals surface area (Å²) in [6.45, 7) is 3.86. The Labute approximate surface area is 92.5 Å². The quantitative estimate of drug-likeness (QED) is 0.802. The van der Waals surface area contributed by atoms with Gasteiger partial charge in [-0.25, -0.2) is 0 Å². The van der Waals surface area contributed by atoms with Crippen LogP contribution in [-0.4, -0.2) is 17.2 Å². The average Bonchev–Trinajstić information content (AvgIpc) is 2.85. The molecule has 0 N–H and O–H groups in total. The van der Waals surface area contributed by atoms with Crippen molar-refractivity contribution >= 4 is 17.0 Å². The zero-order valence-corrected chi connectivity index (χ0v) is 9.78. The van der Waals surface area contributed by atoms with E-state index in [4.69, 9.17) is 4.52 Å². The minimum absolute atomic E-state index is 0.122. The summed E-state index contributed by atoms with van der Waals surface area (Å²) >= 11 is 1.68. The van der Waals surface area contributed by atoms with E-state index in [0.717, 1.165) is 5.82 Å². The molecule has 0 radical (unpaired) electrons. The van der Waals surface area contributed by atoms with Crippen LogP contribution >= 0.6 is 11.3 Å². The third kappa shape index (κ3) is 2.02. The molecule has 0 bridgehead atoms. The first-order chi connectivity index (χ1) is 7.18. The van der Waals surface area contributed by atoms with Crippen LogP contribution < -0.4 is 4.90 Å². The number of rotatable bonds is 3. The molecular formula is C10H13N3OS. The molecule has 2 rings (SSSR count). The van der Waals surface area contributed by atoms with Gasteiger partial charge >= 0.3 is 0 Å². The van der Waals surface area contributed by atoms with Gasteiger partial charge in [0.25, 0.3) is 0 Å². The Balaban J connectivity index is 2.18. The largest absolute Gasteiger partial charge is 0.364 e. The van der Waals surface area contributed by atoms with Gasteiger partial charge in [-0.05, 0) is 18.4 Å². The van der Waals surface area contributed by atoms with Gasteiger partial charge in [0.2, 0.25) is 5.89 Å². The van der Waals surface area contributed by atoms with Crippen LogP contribution in [-0.2, 0) is 0 Å². The minimum atomic E-state index is 0.122. The van der Waals surface area contributed by atoms with Crippen molar-refractivity contribution in [3.05, 3.63) is 28.5 Å². The van der Waals surface area contributed by atoms with E-state index < -0.39 is 0 Å². The summed E-state index contributed by atoms with van der Waals surface area (Å²) in [5, 5.41) is 8.08. The third-order valence-corrected chi connectivity index (χ3v) is 3.08. The van der Waals surface area contributed by atoms with Crippen LogP contribution in [0.4, 0.5) is 5.69 Å². The summed E-state index contributed by atoms with van der Waals surface area (Å²) in [6.07, 6.45) is 0. The van der Waals surface area contributed by atoms with Crippen LogP contribution in [0, 0.1) is 6.92 Å². The molecule has 0 saturated heterocycles. The Bertz CT molecular complexity index is 424. The van der Waals surface area contributed by atoms with Crippen molar-refractivity contribution in [2.75, 3.05) is 11.9 Å². The molecule has 4 nitrogen and oxygen atoms in total. The van der Waals surface area contributed by atoms with Gasteiger partial charge in [0.1, 0.15) is 0 Å². The first-order valence-electron chi connectivity index (χ1n) is 4.73. The second kappa shape index (κ2) is 4.02. The second-order valence-corrected chi connectivity index (χ2v) is 4.22. The minimum Gasteiger partial charge on any atom is -0.364 e. The number of hydrogen-bond donors (Lipinski definition) is 0. The van der Waals surface area contributed by atoms with Crippen molar-refractivity contribution in [1.29, 1.82) is 0 Å². The highest BCUT2D eigenvalue weighted by Crippen LogP contribution is 2.25. The molecule has 0 amide bonds. The normalized spacial score (nSPS) is 12.7. The predicted octanol–water partition coefficient (Wildman–Crippen LogP) is 2.64. The molecule has 0 aliphatic rings. The van der Waals surface area contributed by atoms with Gasteiger partial charge in [0.15, 0.2) is 5.82 Å². The molecule has 0 aliphatic carbocycles. The van der Waals surface area contributed by atoms with Crippen molar-refractivity contribution in [2.24, 2.45) is 0 Å². The summed E-state index contributed by atoms with van der Waals surface area (Å²) in [5.41, 5.74) is 1.18. The molecule has 0 fully saturated rings. The Hall–Kier alpha value is -1.36. The first kappa shape index (κ1) is 10.2. The lowest BCUT2D eigenvalue weighted by atomic mass is 10.2. The maximum Gasteiger partial charge on any atom is 0.223 e. The SMILES string of the molecule is Cc1nc(C(C)N(C)c2ccsc2)no1. The fourth-order valence-corrected chi connectivity index (χ4v) is 2.02. The van der Waals surface area contributed by atoms with Crippen LogP contribution in [0.1, 0.15) is 24.7 Å². The molecule has 15 heavy (non-hydrogen) atoms. The third-order valence-electron chi connectivity index (χ3n) is 2.41. The maximum atomic E-state index is 4.97. The summed E-state index contributed by atoms with van der Waals surface area (Å²) in [4.78, 5) is 6.35. The summed E-state index contributed by atoms with van der Waals surface area (Å²) in [7, 11) is 2.03. The smallest absolute Gasteiger partial charge is 0.223 e. The first-order valence-corrected chi connectivity index (χ1v) is 5.68. The number of aromatic nitrogens is 2. The number of nitrogens with zero attached hydrogens (tertiary/aromatic N) is 3. The molecular weight excluding hydrogens is 210 g/mol. The van der Waals surface area contributed by atoms with Crippen molar-refractivity contribution in [3.8, 4) is 0 Å². The Morgan fingerprint density at radius 2 is 2.33 bits per heavy atom. The van der Waals surface area contributed by atoms with E-state index in [1.165, 1.54) is 5.69 Å². The van der Waals surface area contributed by atoms with Crippen LogP contribution in [0.2, 0.25) is 0 Å². The Morgan fingerprint density at radius 1 is 1.53 bits per heavy atom. The standard InChI is InChI=1S/C10H13N3OS/c1-7(10-11-8(2)14-12-10)13(3)9-4-5-15-6-9/h4-7H,1-3H3. The van der Waals surface area contributed by atoms with E-state index >= 15 is 0 Å². The van der Waals surface area contributed by atoms with Gasteiger partial charge in [-0.1, -0.05) is 5.16 Å². The van der Waals surface area contributed by atoms with Gasteiger partial charge < -0.3 is 9.42 Å². The highest BCUT2D eigenvalue weighted by atomic mass is 32.1. The second-order valence-electron chi connectivity index (χ2n) is 3.44. The fraction of sp³-hybridized carbons (Fsp3) is 0.400. The van der Waals surface area contributed by atoms with Crippen molar-refractivity contribution in [1.82, 2.24) is 10.1 Å². The molecule has 0 spiro atoms. The van der Waals surface area contributed by atoms with Crippen LogP contribution in [0.25, 0.3) is 0 Å².